The molecule has 0 aromatic heterocycles. The van der Waals surface area contributed by atoms with E-state index in [0.717, 1.165) is 24.9 Å². The molecule has 0 aromatic rings. The number of hydrogen-bond donors (Lipinski definition) is 1. The summed E-state index contributed by atoms with van der Waals surface area (Å²) in [7, 11) is 0. The van der Waals surface area contributed by atoms with E-state index >= 15 is 0 Å². The Hall–Kier alpha value is -0.560. The number of fused-ring (bicyclic) bond motifs is 1. The first-order chi connectivity index (χ1) is 8.92. The Kier molecular flexibility index (Phi) is 6.85. The topological polar surface area (TPSA) is 32.5 Å². The Morgan fingerprint density at radius 2 is 1.37 bits per heavy atom. The Morgan fingerprint density at radius 3 is 1.68 bits per heavy atom. The molecule has 2 aliphatic rings. The van der Waals surface area contributed by atoms with Crippen LogP contribution in [0.15, 0.2) is 0 Å². The fourth-order valence-electron chi connectivity index (χ4n) is 2.72. The average Bonchev–Trinajstić information content (AvgIpc) is 2.83. The van der Waals surface area contributed by atoms with E-state index in [4.69, 9.17) is 5.84 Å². The van der Waals surface area contributed by atoms with Gasteiger partial charge in [-0.1, -0.05) is 34.6 Å². The molecule has 0 aliphatic carbocycles. The van der Waals surface area contributed by atoms with Gasteiger partial charge in [0.2, 0.25) is 0 Å². The van der Waals surface area contributed by atoms with Gasteiger partial charge in [0.25, 0.3) is 0 Å². The molecule has 3 heteroatoms. The highest BCUT2D eigenvalue weighted by atomic mass is 15.4. The lowest BCUT2D eigenvalue weighted by Crippen LogP contribution is -2.33. The highest BCUT2D eigenvalue weighted by molar-refractivity contribution is 5.03. The maximum Gasteiger partial charge on any atom is 0.0172 e. The zero-order valence-electron chi connectivity index (χ0n) is 13.3. The van der Waals surface area contributed by atoms with Gasteiger partial charge in [0.15, 0.2) is 0 Å². The van der Waals surface area contributed by atoms with Crippen LogP contribution in [0.25, 0.3) is 0 Å². The van der Waals surface area contributed by atoms with Crippen molar-refractivity contribution in [2.24, 2.45) is 29.5 Å². The van der Waals surface area contributed by atoms with Gasteiger partial charge in [0.05, 0.1) is 0 Å². The van der Waals surface area contributed by atoms with Crippen LogP contribution in [0.3, 0.4) is 0 Å². The highest BCUT2D eigenvalue weighted by Crippen LogP contribution is 2.28. The molecule has 0 spiro atoms. The Morgan fingerprint density at radius 1 is 0.947 bits per heavy atom. The lowest BCUT2D eigenvalue weighted by molar-refractivity contribution is 0.267. The van der Waals surface area contributed by atoms with E-state index in [-0.39, 0.29) is 0 Å². The van der Waals surface area contributed by atoms with Crippen LogP contribution in [0.2, 0.25) is 0 Å². The van der Waals surface area contributed by atoms with E-state index in [2.05, 4.69) is 51.4 Å². The lowest BCUT2D eigenvalue weighted by atomic mass is 10.0. The summed E-state index contributed by atoms with van der Waals surface area (Å²) in [4.78, 5) is 2.53. The maximum atomic E-state index is 5.73. The first-order valence-electron chi connectivity index (χ1n) is 7.65. The lowest BCUT2D eigenvalue weighted by Gasteiger charge is -2.15. The summed E-state index contributed by atoms with van der Waals surface area (Å²) in [5.41, 5.74) is 0. The van der Waals surface area contributed by atoms with Crippen molar-refractivity contribution in [2.75, 3.05) is 32.7 Å². The van der Waals surface area contributed by atoms with Gasteiger partial charge in [-0.2, -0.15) is 0 Å². The SMILES string of the molecule is CC(C)C#CC(C)C.CCN1CC2CN(N)CC2C1. The van der Waals surface area contributed by atoms with Crippen molar-refractivity contribution in [2.45, 2.75) is 34.6 Å². The van der Waals surface area contributed by atoms with Crippen LogP contribution in [0, 0.1) is 35.5 Å². The molecule has 0 bridgehead atoms. The van der Waals surface area contributed by atoms with Gasteiger partial charge in [-0.05, 0) is 18.4 Å². The molecule has 0 amide bonds. The molecular weight excluding hydrogens is 234 g/mol. The molecule has 2 heterocycles. The normalized spacial score (nSPS) is 26.9. The summed E-state index contributed by atoms with van der Waals surface area (Å²) in [6.45, 7) is 16.6. The monoisotopic (exact) mass is 265 g/mol. The van der Waals surface area contributed by atoms with E-state index in [1.165, 1.54) is 19.6 Å². The van der Waals surface area contributed by atoms with Crippen molar-refractivity contribution in [3.05, 3.63) is 0 Å². The van der Waals surface area contributed by atoms with Crippen molar-refractivity contribution in [1.29, 1.82) is 0 Å². The summed E-state index contributed by atoms with van der Waals surface area (Å²) in [6, 6.07) is 0. The largest absolute Gasteiger partial charge is 0.303 e. The third-order valence-corrected chi connectivity index (χ3v) is 3.70. The van der Waals surface area contributed by atoms with Gasteiger partial charge >= 0.3 is 0 Å². The molecule has 0 radical (unpaired) electrons. The Balaban J connectivity index is 0.000000203. The maximum absolute atomic E-state index is 5.73. The second-order valence-corrected chi connectivity index (χ2v) is 6.42. The molecule has 0 aromatic carbocycles. The number of likely N-dealkylation sites (tertiary alicyclic amines) is 1. The third kappa shape index (κ3) is 5.95. The summed E-state index contributed by atoms with van der Waals surface area (Å²) >= 11 is 0. The second kappa shape index (κ2) is 7.89. The standard InChI is InChI=1S/C8H17N3.C8H14/c1-2-10-3-7-5-11(9)6-8(7)4-10;1-7(2)5-6-8(3)4/h7-8H,2-6,9H2,1H3;7-8H,1-4H3. The van der Waals surface area contributed by atoms with Crippen LogP contribution in [0.1, 0.15) is 34.6 Å². The van der Waals surface area contributed by atoms with Crippen molar-refractivity contribution in [3.8, 4) is 11.8 Å². The van der Waals surface area contributed by atoms with Crippen molar-refractivity contribution >= 4 is 0 Å². The zero-order valence-corrected chi connectivity index (χ0v) is 13.3. The van der Waals surface area contributed by atoms with Crippen LogP contribution in [0.5, 0.6) is 0 Å². The van der Waals surface area contributed by atoms with Crippen LogP contribution < -0.4 is 5.84 Å². The molecule has 2 atom stereocenters. The summed E-state index contributed by atoms with van der Waals surface area (Å²) < 4.78 is 0. The predicted molar refractivity (Wildman–Crippen MR) is 82.3 cm³/mol. The fraction of sp³-hybridized carbons (Fsp3) is 0.875. The zero-order chi connectivity index (χ0) is 14.4. The molecule has 2 saturated heterocycles. The van der Waals surface area contributed by atoms with Crippen molar-refractivity contribution in [1.82, 2.24) is 9.91 Å². The first kappa shape index (κ1) is 16.5. The molecule has 2 unspecified atom stereocenters. The van der Waals surface area contributed by atoms with E-state index in [1.54, 1.807) is 0 Å². The number of hydrogen-bond acceptors (Lipinski definition) is 3. The van der Waals surface area contributed by atoms with Gasteiger partial charge in [0.1, 0.15) is 0 Å². The van der Waals surface area contributed by atoms with Crippen LogP contribution in [-0.2, 0) is 0 Å². The highest BCUT2D eigenvalue weighted by Gasteiger charge is 2.38. The van der Waals surface area contributed by atoms with Crippen molar-refractivity contribution in [3.63, 3.8) is 0 Å². The Labute approximate surface area is 119 Å². The minimum atomic E-state index is 0.525. The van der Waals surface area contributed by atoms with Gasteiger partial charge in [-0.3, -0.25) is 5.84 Å². The first-order valence-corrected chi connectivity index (χ1v) is 7.65. The van der Waals surface area contributed by atoms with E-state index in [1.807, 2.05) is 5.01 Å². The minimum absolute atomic E-state index is 0.525. The van der Waals surface area contributed by atoms with Gasteiger partial charge < -0.3 is 4.90 Å². The minimum Gasteiger partial charge on any atom is -0.303 e. The van der Waals surface area contributed by atoms with Gasteiger partial charge in [-0.15, -0.1) is 11.8 Å². The number of rotatable bonds is 1. The molecule has 2 aliphatic heterocycles. The molecule has 110 valence electrons. The summed E-state index contributed by atoms with van der Waals surface area (Å²) in [5.74, 6) is 14.7. The number of nitrogens with zero attached hydrogens (tertiary/aromatic N) is 2. The smallest absolute Gasteiger partial charge is 0.0172 e. The van der Waals surface area contributed by atoms with Gasteiger partial charge in [0, 0.05) is 38.0 Å². The number of nitrogens with two attached hydrogens (primary N) is 1. The number of hydrazine groups is 1. The van der Waals surface area contributed by atoms with E-state index in [0.29, 0.717) is 11.8 Å². The van der Waals surface area contributed by atoms with Crippen molar-refractivity contribution < 1.29 is 0 Å². The molecule has 19 heavy (non-hydrogen) atoms. The Bertz CT molecular complexity index is 288. The van der Waals surface area contributed by atoms with Crippen LogP contribution >= 0.6 is 0 Å². The van der Waals surface area contributed by atoms with E-state index in [9.17, 15) is 0 Å². The summed E-state index contributed by atoms with van der Waals surface area (Å²) in [6.07, 6.45) is 0. The molecule has 0 saturated carbocycles. The molecule has 3 nitrogen and oxygen atoms in total. The molecule has 2 rings (SSSR count). The average molecular weight is 265 g/mol. The van der Waals surface area contributed by atoms with Crippen LogP contribution in [-0.4, -0.2) is 42.6 Å². The predicted octanol–water partition coefficient (Wildman–Crippen LogP) is 2.05. The molecular formula is C16H31N3. The fourth-order valence-corrected chi connectivity index (χ4v) is 2.72. The third-order valence-electron chi connectivity index (χ3n) is 3.70. The quantitative estimate of drug-likeness (QED) is 0.582. The second-order valence-electron chi connectivity index (χ2n) is 6.42. The van der Waals surface area contributed by atoms with E-state index < -0.39 is 0 Å². The molecule has 2 fully saturated rings. The molecule has 2 N–H and O–H groups in total. The summed E-state index contributed by atoms with van der Waals surface area (Å²) in [5, 5.41) is 1.97. The van der Waals surface area contributed by atoms with Gasteiger partial charge in [-0.25, -0.2) is 5.01 Å². The van der Waals surface area contributed by atoms with Crippen LogP contribution in [0.4, 0.5) is 0 Å².